The largest absolute Gasteiger partial charge is 0.465 e. The fourth-order valence-electron chi connectivity index (χ4n) is 2.30. The Kier molecular flexibility index (Phi) is 3.09. The normalized spacial score (nSPS) is 15.9. The molecule has 1 aliphatic rings. The summed E-state index contributed by atoms with van der Waals surface area (Å²) in [5.74, 6) is 0.697. The first-order chi connectivity index (χ1) is 9.58. The van der Waals surface area contributed by atoms with Crippen LogP contribution in [0.15, 0.2) is 6.33 Å². The van der Waals surface area contributed by atoms with E-state index in [1.807, 2.05) is 4.90 Å². The van der Waals surface area contributed by atoms with E-state index in [0.29, 0.717) is 48.4 Å². The molecule has 0 unspecified atom stereocenters. The maximum atomic E-state index is 10.9. The van der Waals surface area contributed by atoms with E-state index in [-0.39, 0.29) is 0 Å². The third kappa shape index (κ3) is 2.01. The van der Waals surface area contributed by atoms with E-state index in [1.165, 1.54) is 11.2 Å². The number of aryl methyl sites for hydroxylation is 1. The summed E-state index contributed by atoms with van der Waals surface area (Å²) in [4.78, 5) is 27.0. The highest BCUT2D eigenvalue weighted by Crippen LogP contribution is 2.25. The lowest BCUT2D eigenvalue weighted by Gasteiger charge is -2.33. The monoisotopic (exact) mass is 296 g/mol. The molecule has 3 heterocycles. The Balaban J connectivity index is 1.92. The molecule has 2 aromatic rings. The van der Waals surface area contributed by atoms with Crippen LogP contribution in [0, 0.1) is 0 Å². The average Bonchev–Trinajstić information content (AvgIpc) is 2.74. The summed E-state index contributed by atoms with van der Waals surface area (Å²) in [5, 5.41) is 9.31. The number of halogens is 1. The Bertz CT molecular complexity index is 664. The maximum Gasteiger partial charge on any atom is 0.407 e. The number of nitrogens with zero attached hydrogens (tertiary/aromatic N) is 6. The van der Waals surface area contributed by atoms with E-state index < -0.39 is 6.09 Å². The third-order valence-electron chi connectivity index (χ3n) is 3.43. The smallest absolute Gasteiger partial charge is 0.407 e. The SMILES string of the molecule is Cn1c(Cl)nc2c(N3CCN(C(=O)O)CC3)ncnc21. The first-order valence-corrected chi connectivity index (χ1v) is 6.51. The molecule has 0 radical (unpaired) electrons. The van der Waals surface area contributed by atoms with Crippen molar-refractivity contribution >= 4 is 34.7 Å². The Morgan fingerprint density at radius 2 is 2.00 bits per heavy atom. The van der Waals surface area contributed by atoms with Crippen molar-refractivity contribution in [2.24, 2.45) is 7.05 Å². The van der Waals surface area contributed by atoms with Crippen LogP contribution >= 0.6 is 11.6 Å². The molecule has 0 saturated carbocycles. The molecule has 106 valence electrons. The van der Waals surface area contributed by atoms with Gasteiger partial charge in [-0.25, -0.2) is 19.7 Å². The van der Waals surface area contributed by atoms with Crippen LogP contribution in [0.5, 0.6) is 0 Å². The molecule has 20 heavy (non-hydrogen) atoms. The number of anilines is 1. The minimum absolute atomic E-state index is 0.353. The average molecular weight is 297 g/mol. The Morgan fingerprint density at radius 3 is 2.65 bits per heavy atom. The van der Waals surface area contributed by atoms with Gasteiger partial charge in [0.1, 0.15) is 6.33 Å². The molecule has 1 saturated heterocycles. The van der Waals surface area contributed by atoms with Crippen LogP contribution in [0.1, 0.15) is 0 Å². The number of aromatic nitrogens is 4. The van der Waals surface area contributed by atoms with E-state index in [2.05, 4.69) is 15.0 Å². The van der Waals surface area contributed by atoms with E-state index in [4.69, 9.17) is 16.7 Å². The van der Waals surface area contributed by atoms with Crippen molar-refractivity contribution in [2.75, 3.05) is 31.1 Å². The van der Waals surface area contributed by atoms with Crippen molar-refractivity contribution in [1.29, 1.82) is 0 Å². The number of amides is 1. The molecule has 0 bridgehead atoms. The van der Waals surface area contributed by atoms with Gasteiger partial charge in [-0.1, -0.05) is 0 Å². The van der Waals surface area contributed by atoms with Crippen LogP contribution in [-0.4, -0.2) is 61.8 Å². The molecule has 0 spiro atoms. The molecule has 0 atom stereocenters. The summed E-state index contributed by atoms with van der Waals surface area (Å²) in [5.41, 5.74) is 1.31. The van der Waals surface area contributed by atoms with Crippen molar-refractivity contribution in [2.45, 2.75) is 0 Å². The zero-order chi connectivity index (χ0) is 14.3. The molecule has 1 aliphatic heterocycles. The van der Waals surface area contributed by atoms with Crippen LogP contribution in [-0.2, 0) is 7.05 Å². The summed E-state index contributed by atoms with van der Waals surface area (Å²) in [6.45, 7) is 2.04. The summed E-state index contributed by atoms with van der Waals surface area (Å²) in [7, 11) is 1.79. The molecule has 3 rings (SSSR count). The predicted molar refractivity (Wildman–Crippen MR) is 73.1 cm³/mol. The van der Waals surface area contributed by atoms with E-state index in [0.717, 1.165) is 0 Å². The van der Waals surface area contributed by atoms with Crippen molar-refractivity contribution < 1.29 is 9.90 Å². The molecule has 1 fully saturated rings. The van der Waals surface area contributed by atoms with Crippen LogP contribution in [0.4, 0.5) is 10.6 Å². The van der Waals surface area contributed by atoms with Crippen molar-refractivity contribution in [3.05, 3.63) is 11.6 Å². The van der Waals surface area contributed by atoms with Gasteiger partial charge in [0, 0.05) is 33.2 Å². The van der Waals surface area contributed by atoms with Gasteiger partial charge in [0.15, 0.2) is 17.0 Å². The molecule has 0 aromatic carbocycles. The lowest BCUT2D eigenvalue weighted by molar-refractivity contribution is 0.142. The van der Waals surface area contributed by atoms with Crippen LogP contribution < -0.4 is 4.90 Å². The maximum absolute atomic E-state index is 10.9. The van der Waals surface area contributed by atoms with Crippen LogP contribution in [0.2, 0.25) is 5.28 Å². The number of fused-ring (bicyclic) bond motifs is 1. The lowest BCUT2D eigenvalue weighted by atomic mass is 10.3. The fourth-order valence-corrected chi connectivity index (χ4v) is 2.47. The van der Waals surface area contributed by atoms with Crippen LogP contribution in [0.3, 0.4) is 0 Å². The zero-order valence-corrected chi connectivity index (χ0v) is 11.6. The molecular weight excluding hydrogens is 284 g/mol. The molecule has 2 aromatic heterocycles. The number of piperazine rings is 1. The van der Waals surface area contributed by atoms with E-state index in [9.17, 15) is 4.79 Å². The second kappa shape index (κ2) is 4.78. The van der Waals surface area contributed by atoms with E-state index in [1.54, 1.807) is 11.6 Å². The van der Waals surface area contributed by atoms with Crippen molar-refractivity contribution in [3.8, 4) is 0 Å². The van der Waals surface area contributed by atoms with Gasteiger partial charge in [-0.3, -0.25) is 0 Å². The number of carboxylic acid groups (broad SMARTS) is 1. The third-order valence-corrected chi connectivity index (χ3v) is 3.77. The lowest BCUT2D eigenvalue weighted by Crippen LogP contribution is -2.48. The molecule has 1 N–H and O–H groups in total. The van der Waals surface area contributed by atoms with Crippen molar-refractivity contribution in [3.63, 3.8) is 0 Å². The Morgan fingerprint density at radius 1 is 1.30 bits per heavy atom. The number of rotatable bonds is 1. The second-order valence-corrected chi connectivity index (χ2v) is 4.90. The summed E-state index contributed by atoms with van der Waals surface area (Å²) in [6.07, 6.45) is 0.581. The number of hydrogen-bond acceptors (Lipinski definition) is 5. The fraction of sp³-hybridized carbons (Fsp3) is 0.455. The summed E-state index contributed by atoms with van der Waals surface area (Å²) < 4.78 is 1.69. The number of imidazole rings is 1. The number of carbonyl (C=O) groups is 1. The van der Waals surface area contributed by atoms with Gasteiger partial charge >= 0.3 is 6.09 Å². The van der Waals surface area contributed by atoms with Gasteiger partial charge in [0.25, 0.3) is 0 Å². The van der Waals surface area contributed by atoms with Gasteiger partial charge in [-0.05, 0) is 11.6 Å². The highest BCUT2D eigenvalue weighted by Gasteiger charge is 2.24. The van der Waals surface area contributed by atoms with Gasteiger partial charge in [-0.2, -0.15) is 0 Å². The Hall–Kier alpha value is -2.09. The quantitative estimate of drug-likeness (QED) is 0.784. The van der Waals surface area contributed by atoms with E-state index >= 15 is 0 Å². The van der Waals surface area contributed by atoms with Gasteiger partial charge in [0.05, 0.1) is 0 Å². The highest BCUT2D eigenvalue weighted by atomic mass is 35.5. The first kappa shape index (κ1) is 12.9. The van der Waals surface area contributed by atoms with Crippen LogP contribution in [0.25, 0.3) is 11.2 Å². The summed E-state index contributed by atoms with van der Waals surface area (Å²) in [6, 6.07) is 0. The molecule has 9 heteroatoms. The molecule has 1 amide bonds. The standard InChI is InChI=1S/C11H13ClN6O2/c1-16-8-7(15-10(16)12)9(14-6-13-8)17-2-4-18(5-3-17)11(19)20/h6H,2-5H2,1H3,(H,19,20). The molecule has 8 nitrogen and oxygen atoms in total. The number of hydrogen-bond donors (Lipinski definition) is 1. The minimum Gasteiger partial charge on any atom is -0.465 e. The summed E-state index contributed by atoms with van der Waals surface area (Å²) >= 11 is 6.01. The minimum atomic E-state index is -0.890. The second-order valence-electron chi connectivity index (χ2n) is 4.57. The van der Waals surface area contributed by atoms with Crippen molar-refractivity contribution in [1.82, 2.24) is 24.4 Å². The molecule has 0 aliphatic carbocycles. The molecular formula is C11H13ClN6O2. The first-order valence-electron chi connectivity index (χ1n) is 6.13. The topological polar surface area (TPSA) is 87.4 Å². The Labute approximate surface area is 119 Å². The van der Waals surface area contributed by atoms with Gasteiger partial charge < -0.3 is 19.5 Å². The van der Waals surface area contributed by atoms with Gasteiger partial charge in [0.2, 0.25) is 5.28 Å². The predicted octanol–water partition coefficient (Wildman–Crippen LogP) is 0.817. The van der Waals surface area contributed by atoms with Gasteiger partial charge in [-0.15, -0.1) is 0 Å². The zero-order valence-electron chi connectivity index (χ0n) is 10.8. The highest BCUT2D eigenvalue weighted by molar-refractivity contribution is 6.29.